The highest BCUT2D eigenvalue weighted by Gasteiger charge is 2.11. The quantitative estimate of drug-likeness (QED) is 0.698. The molecular weight excluding hydrogens is 343 g/mol. The molecule has 0 bridgehead atoms. The zero-order valence-electron chi connectivity index (χ0n) is 11.6. The number of primary sulfonamides is 2. The molecule has 1 radical (unpaired) electrons. The van der Waals surface area contributed by atoms with Gasteiger partial charge in [0.15, 0.2) is 0 Å². The van der Waals surface area contributed by atoms with Crippen molar-refractivity contribution in [1.29, 1.82) is 0 Å². The van der Waals surface area contributed by atoms with Crippen LogP contribution in [0.2, 0.25) is 0 Å². The molecule has 4 N–H and O–H groups in total. The second kappa shape index (κ2) is 6.58. The van der Waals surface area contributed by atoms with Gasteiger partial charge in [0.05, 0.1) is 9.79 Å². The summed E-state index contributed by atoms with van der Waals surface area (Å²) in [6.07, 6.45) is 0. The molecule has 8 nitrogen and oxygen atoms in total. The van der Waals surface area contributed by atoms with E-state index in [2.05, 4.69) is 0 Å². The average Bonchev–Trinajstić information content (AvgIpc) is 2.46. The Morgan fingerprint density at radius 2 is 1.13 bits per heavy atom. The first kappa shape index (κ1) is 17.3. The van der Waals surface area contributed by atoms with E-state index in [4.69, 9.17) is 19.6 Å². The van der Waals surface area contributed by atoms with Crippen molar-refractivity contribution < 1.29 is 26.1 Å². The Bertz CT molecular complexity index is 839. The van der Waals surface area contributed by atoms with Crippen molar-refractivity contribution in [2.75, 3.05) is 0 Å². The summed E-state index contributed by atoms with van der Waals surface area (Å²) in [7, 11) is -6.76. The zero-order valence-corrected chi connectivity index (χ0v) is 13.2. The number of hydrogen-bond acceptors (Lipinski definition) is 6. The van der Waals surface area contributed by atoms with Gasteiger partial charge in [0, 0.05) is 0 Å². The molecule has 0 aliphatic carbocycles. The molecule has 0 saturated heterocycles. The van der Waals surface area contributed by atoms with Crippen LogP contribution in [0.15, 0.2) is 58.3 Å². The van der Waals surface area contributed by atoms with Crippen LogP contribution in [0.25, 0.3) is 0 Å². The van der Waals surface area contributed by atoms with Gasteiger partial charge >= 0.3 is 7.69 Å². The van der Waals surface area contributed by atoms with Crippen molar-refractivity contribution in [3.05, 3.63) is 48.5 Å². The predicted octanol–water partition coefficient (Wildman–Crippen LogP) is -0.0266. The lowest BCUT2D eigenvalue weighted by Crippen LogP contribution is -2.15. The first-order valence-electron chi connectivity index (χ1n) is 6.07. The topological polar surface area (TPSA) is 139 Å². The van der Waals surface area contributed by atoms with Crippen LogP contribution in [-0.4, -0.2) is 24.5 Å². The van der Waals surface area contributed by atoms with E-state index in [0.717, 1.165) is 7.69 Å². The SMILES string of the molecule is NS(=O)(=O)c1cccc(O[B]Oc2cccc(S(N)(=O)=O)c2)c1. The van der Waals surface area contributed by atoms with Gasteiger partial charge in [-0.05, 0) is 36.4 Å². The summed E-state index contributed by atoms with van der Waals surface area (Å²) in [4.78, 5) is -0.223. The molecule has 23 heavy (non-hydrogen) atoms. The largest absolute Gasteiger partial charge is 0.658 e. The Hall–Kier alpha value is -2.08. The van der Waals surface area contributed by atoms with Gasteiger partial charge in [-0.2, -0.15) is 0 Å². The van der Waals surface area contributed by atoms with Gasteiger partial charge in [0.1, 0.15) is 11.5 Å². The van der Waals surface area contributed by atoms with E-state index >= 15 is 0 Å². The fourth-order valence-electron chi connectivity index (χ4n) is 1.58. The number of nitrogens with two attached hydrogens (primary N) is 2. The molecular formula is C12H12BN2O6S2. The van der Waals surface area contributed by atoms with Gasteiger partial charge in [-0.25, -0.2) is 27.1 Å². The highest BCUT2D eigenvalue weighted by Crippen LogP contribution is 2.18. The lowest BCUT2D eigenvalue weighted by atomic mass is 10.3. The maximum atomic E-state index is 11.2. The molecule has 0 saturated carbocycles. The van der Waals surface area contributed by atoms with Crippen molar-refractivity contribution in [1.82, 2.24) is 0 Å². The molecule has 2 rings (SSSR count). The van der Waals surface area contributed by atoms with E-state index in [-0.39, 0.29) is 21.3 Å². The van der Waals surface area contributed by atoms with Crippen LogP contribution >= 0.6 is 0 Å². The van der Waals surface area contributed by atoms with E-state index in [1.807, 2.05) is 0 Å². The number of hydrogen-bond donors (Lipinski definition) is 2. The van der Waals surface area contributed by atoms with Crippen LogP contribution in [0.3, 0.4) is 0 Å². The minimum absolute atomic E-state index is 0.111. The predicted molar refractivity (Wildman–Crippen MR) is 82.6 cm³/mol. The summed E-state index contributed by atoms with van der Waals surface area (Å²) in [6.45, 7) is 0. The van der Waals surface area contributed by atoms with Crippen LogP contribution in [0.1, 0.15) is 0 Å². The molecule has 0 spiro atoms. The van der Waals surface area contributed by atoms with E-state index in [9.17, 15) is 16.8 Å². The van der Waals surface area contributed by atoms with Gasteiger partial charge < -0.3 is 9.31 Å². The average molecular weight is 355 g/mol. The molecule has 0 atom stereocenters. The minimum atomic E-state index is -3.84. The molecule has 0 aromatic heterocycles. The number of benzene rings is 2. The highest BCUT2D eigenvalue weighted by atomic mass is 32.2. The van der Waals surface area contributed by atoms with E-state index < -0.39 is 20.0 Å². The monoisotopic (exact) mass is 355 g/mol. The molecule has 2 aromatic rings. The molecule has 11 heteroatoms. The van der Waals surface area contributed by atoms with Gasteiger partial charge in [-0.3, -0.25) is 0 Å². The van der Waals surface area contributed by atoms with E-state index in [0.29, 0.717) is 0 Å². The van der Waals surface area contributed by atoms with Gasteiger partial charge in [-0.1, -0.05) is 12.1 Å². The second-order valence-electron chi connectivity index (χ2n) is 4.37. The summed E-state index contributed by atoms with van der Waals surface area (Å²) in [5.74, 6) is 0.359. The maximum absolute atomic E-state index is 11.2. The Kier molecular flexibility index (Phi) is 4.95. The highest BCUT2D eigenvalue weighted by molar-refractivity contribution is 7.89. The number of sulfonamides is 2. The summed E-state index contributed by atoms with van der Waals surface area (Å²) >= 11 is 0. The first-order valence-corrected chi connectivity index (χ1v) is 9.16. The Balaban J connectivity index is 2.03. The van der Waals surface area contributed by atoms with Crippen molar-refractivity contribution in [3.8, 4) is 11.5 Å². The molecule has 2 aromatic carbocycles. The molecule has 0 aliphatic heterocycles. The molecule has 0 amide bonds. The standard InChI is InChI=1S/C12H12BN2O6S2/c14-22(16,17)11-5-1-3-9(7-11)20-13-21-10-4-2-6-12(8-10)23(15,18)19/h1-8H,(H2,14,16,17)(H2,15,18,19). The molecule has 0 heterocycles. The summed E-state index contributed by atoms with van der Waals surface area (Å²) in [5, 5.41) is 10.0. The lowest BCUT2D eigenvalue weighted by molar-refractivity contribution is 0.457. The summed E-state index contributed by atoms with van der Waals surface area (Å²) < 4.78 is 55.1. The third-order valence-electron chi connectivity index (χ3n) is 2.64. The van der Waals surface area contributed by atoms with Crippen LogP contribution in [0, 0.1) is 0 Å². The Labute approximate surface area is 134 Å². The maximum Gasteiger partial charge on any atom is 0.658 e. The van der Waals surface area contributed by atoms with Gasteiger partial charge in [0.25, 0.3) is 0 Å². The van der Waals surface area contributed by atoms with Crippen LogP contribution in [0.4, 0.5) is 0 Å². The molecule has 0 aliphatic rings. The molecule has 0 unspecified atom stereocenters. The van der Waals surface area contributed by atoms with Crippen molar-refractivity contribution >= 4 is 27.7 Å². The molecule has 0 fully saturated rings. The van der Waals surface area contributed by atoms with E-state index in [1.165, 1.54) is 48.5 Å². The fraction of sp³-hybridized carbons (Fsp3) is 0. The van der Waals surface area contributed by atoms with Crippen LogP contribution in [0.5, 0.6) is 11.5 Å². The number of rotatable bonds is 6. The van der Waals surface area contributed by atoms with E-state index in [1.54, 1.807) is 0 Å². The Morgan fingerprint density at radius 3 is 1.48 bits per heavy atom. The third kappa shape index (κ3) is 4.96. The summed E-state index contributed by atoms with van der Waals surface area (Å²) in [6, 6.07) is 11.0. The van der Waals surface area contributed by atoms with Crippen LogP contribution in [-0.2, 0) is 20.0 Å². The third-order valence-corrected chi connectivity index (χ3v) is 4.46. The first-order chi connectivity index (χ1) is 10.7. The normalized spacial score (nSPS) is 11.7. The van der Waals surface area contributed by atoms with Gasteiger partial charge in [0.2, 0.25) is 20.0 Å². The lowest BCUT2D eigenvalue weighted by Gasteiger charge is -2.08. The zero-order chi connectivity index (χ0) is 17.1. The second-order valence-corrected chi connectivity index (χ2v) is 7.49. The smallest absolute Gasteiger partial charge is 0.526 e. The van der Waals surface area contributed by atoms with Crippen molar-refractivity contribution in [2.24, 2.45) is 10.3 Å². The summed E-state index contributed by atoms with van der Waals surface area (Å²) in [5.41, 5.74) is 0. The minimum Gasteiger partial charge on any atom is -0.526 e. The van der Waals surface area contributed by atoms with Crippen molar-refractivity contribution in [2.45, 2.75) is 9.79 Å². The Morgan fingerprint density at radius 1 is 0.739 bits per heavy atom. The van der Waals surface area contributed by atoms with Crippen molar-refractivity contribution in [3.63, 3.8) is 0 Å². The van der Waals surface area contributed by atoms with Crippen LogP contribution < -0.4 is 19.6 Å². The van der Waals surface area contributed by atoms with Gasteiger partial charge in [-0.15, -0.1) is 0 Å². The molecule has 121 valence electrons. The fourth-order valence-corrected chi connectivity index (χ4v) is 2.68.